The number of halogens is 3. The Balaban J connectivity index is 2.60. The minimum absolute atomic E-state index is 0.251. The van der Waals surface area contributed by atoms with Crippen molar-refractivity contribution in [3.05, 3.63) is 24.8 Å². The Morgan fingerprint density at radius 1 is 1.56 bits per heavy atom. The second-order valence-electron chi connectivity index (χ2n) is 3.64. The first-order chi connectivity index (χ1) is 8.28. The van der Waals surface area contributed by atoms with E-state index in [0.717, 1.165) is 17.1 Å². The molecule has 0 N–H and O–H groups in total. The largest absolute Gasteiger partial charge is 0.467 e. The van der Waals surface area contributed by atoms with Crippen molar-refractivity contribution in [1.29, 1.82) is 0 Å². The third kappa shape index (κ3) is 4.89. The van der Waals surface area contributed by atoms with Crippen molar-refractivity contribution in [1.82, 2.24) is 14.5 Å². The van der Waals surface area contributed by atoms with Crippen LogP contribution in [-0.2, 0) is 0 Å². The van der Waals surface area contributed by atoms with E-state index in [9.17, 15) is 18.0 Å². The summed E-state index contributed by atoms with van der Waals surface area (Å²) in [5, 5.41) is 0. The first-order valence-corrected chi connectivity index (χ1v) is 4.90. The molecule has 18 heavy (non-hydrogen) atoms. The lowest BCUT2D eigenvalue weighted by Gasteiger charge is -2.05. The molecule has 0 saturated heterocycles. The van der Waals surface area contributed by atoms with Crippen molar-refractivity contribution in [2.75, 3.05) is 20.7 Å². The van der Waals surface area contributed by atoms with Crippen LogP contribution in [0.2, 0.25) is 0 Å². The van der Waals surface area contributed by atoms with Gasteiger partial charge in [-0.1, -0.05) is 0 Å². The SMILES string of the molecule is CN(C)C=CC(=O)n1cnc(OCC(F)(F)F)c1. The third-order valence-electron chi connectivity index (χ3n) is 1.71. The number of ether oxygens (including phenoxy) is 1. The van der Waals surface area contributed by atoms with Crippen LogP contribution in [0, 0.1) is 0 Å². The Hall–Kier alpha value is -1.99. The van der Waals surface area contributed by atoms with E-state index in [1.807, 2.05) is 0 Å². The number of allylic oxidation sites excluding steroid dienone is 1. The number of hydrogen-bond acceptors (Lipinski definition) is 4. The van der Waals surface area contributed by atoms with Crippen LogP contribution >= 0.6 is 0 Å². The molecule has 0 aromatic carbocycles. The third-order valence-corrected chi connectivity index (χ3v) is 1.71. The summed E-state index contributed by atoms with van der Waals surface area (Å²) in [6.45, 7) is -1.44. The van der Waals surface area contributed by atoms with Gasteiger partial charge in [0, 0.05) is 26.4 Å². The smallest absolute Gasteiger partial charge is 0.422 e. The van der Waals surface area contributed by atoms with E-state index in [1.54, 1.807) is 19.0 Å². The standard InChI is InChI=1S/C10H12F3N3O2/c1-15(2)4-3-9(17)16-5-8(14-7-16)18-6-10(11,12)13/h3-5,7H,6H2,1-2H3. The Bertz CT molecular complexity index is 438. The minimum atomic E-state index is -4.43. The fourth-order valence-electron chi connectivity index (χ4n) is 0.954. The number of rotatable bonds is 4. The van der Waals surface area contributed by atoms with Gasteiger partial charge in [0.05, 0.1) is 6.20 Å². The van der Waals surface area contributed by atoms with Gasteiger partial charge in [0.15, 0.2) is 6.61 Å². The highest BCUT2D eigenvalue weighted by atomic mass is 19.4. The van der Waals surface area contributed by atoms with Gasteiger partial charge in [0.25, 0.3) is 5.91 Å². The maximum atomic E-state index is 11.9. The lowest BCUT2D eigenvalue weighted by molar-refractivity contribution is -0.154. The minimum Gasteiger partial charge on any atom is -0.467 e. The van der Waals surface area contributed by atoms with Crippen LogP contribution < -0.4 is 4.74 Å². The van der Waals surface area contributed by atoms with Crippen molar-refractivity contribution < 1.29 is 22.7 Å². The molecule has 0 aliphatic heterocycles. The Morgan fingerprint density at radius 2 is 2.22 bits per heavy atom. The molecule has 8 heteroatoms. The van der Waals surface area contributed by atoms with Crippen LogP contribution in [0.3, 0.4) is 0 Å². The van der Waals surface area contributed by atoms with Gasteiger partial charge in [0.2, 0.25) is 5.88 Å². The van der Waals surface area contributed by atoms with Crippen molar-refractivity contribution in [3.8, 4) is 5.88 Å². The van der Waals surface area contributed by atoms with Gasteiger partial charge >= 0.3 is 6.18 Å². The second-order valence-corrected chi connectivity index (χ2v) is 3.64. The maximum absolute atomic E-state index is 11.9. The van der Waals surface area contributed by atoms with Crippen molar-refractivity contribution >= 4 is 5.91 Å². The number of hydrogen-bond donors (Lipinski definition) is 0. The highest BCUT2D eigenvalue weighted by Gasteiger charge is 2.28. The summed E-state index contributed by atoms with van der Waals surface area (Å²) in [4.78, 5) is 16.7. The number of carbonyl (C=O) groups is 1. The Labute approximate surface area is 101 Å². The molecule has 0 saturated carbocycles. The molecule has 1 rings (SSSR count). The lowest BCUT2D eigenvalue weighted by atomic mass is 10.5. The number of aromatic nitrogens is 2. The topological polar surface area (TPSA) is 47.4 Å². The average Bonchev–Trinajstić information content (AvgIpc) is 2.70. The zero-order valence-corrected chi connectivity index (χ0v) is 9.81. The van der Waals surface area contributed by atoms with Gasteiger partial charge in [-0.2, -0.15) is 13.2 Å². The van der Waals surface area contributed by atoms with Gasteiger partial charge in [-0.05, 0) is 0 Å². The molecule has 1 aromatic rings. The van der Waals surface area contributed by atoms with E-state index in [-0.39, 0.29) is 5.88 Å². The molecule has 0 spiro atoms. The molecule has 0 aliphatic carbocycles. The fourth-order valence-corrected chi connectivity index (χ4v) is 0.954. The molecule has 1 aromatic heterocycles. The molecule has 5 nitrogen and oxygen atoms in total. The summed E-state index contributed by atoms with van der Waals surface area (Å²) >= 11 is 0. The zero-order valence-electron chi connectivity index (χ0n) is 9.81. The summed E-state index contributed by atoms with van der Waals surface area (Å²) in [6.07, 6.45) is 0.522. The van der Waals surface area contributed by atoms with Crippen molar-refractivity contribution in [2.24, 2.45) is 0 Å². The van der Waals surface area contributed by atoms with Gasteiger partial charge in [-0.3, -0.25) is 9.36 Å². The molecule has 0 aliphatic rings. The second kappa shape index (κ2) is 5.56. The highest BCUT2D eigenvalue weighted by Crippen LogP contribution is 2.16. The maximum Gasteiger partial charge on any atom is 0.422 e. The summed E-state index contributed by atoms with van der Waals surface area (Å²) < 4.78 is 41.0. The van der Waals surface area contributed by atoms with Crippen molar-refractivity contribution in [3.63, 3.8) is 0 Å². The molecule has 1 heterocycles. The molecule has 0 radical (unpaired) electrons. The predicted octanol–water partition coefficient (Wildman–Crippen LogP) is 1.54. The molecule has 0 atom stereocenters. The molecule has 0 unspecified atom stereocenters. The van der Waals surface area contributed by atoms with E-state index in [4.69, 9.17) is 0 Å². The van der Waals surface area contributed by atoms with Gasteiger partial charge < -0.3 is 9.64 Å². The van der Waals surface area contributed by atoms with Gasteiger partial charge in [-0.25, -0.2) is 4.98 Å². The molecule has 100 valence electrons. The highest BCUT2D eigenvalue weighted by molar-refractivity contribution is 5.89. The van der Waals surface area contributed by atoms with Crippen LogP contribution in [0.4, 0.5) is 13.2 Å². The molecular formula is C10H12F3N3O2. The zero-order chi connectivity index (χ0) is 13.8. The Kier molecular flexibility index (Phi) is 4.35. The first kappa shape index (κ1) is 14.1. The van der Waals surface area contributed by atoms with E-state index in [1.165, 1.54) is 12.3 Å². The van der Waals surface area contributed by atoms with E-state index < -0.39 is 18.7 Å². The number of nitrogens with zero attached hydrogens (tertiary/aromatic N) is 3. The predicted molar refractivity (Wildman–Crippen MR) is 57.2 cm³/mol. The average molecular weight is 263 g/mol. The lowest BCUT2D eigenvalue weighted by Crippen LogP contribution is -2.19. The molecule has 0 bridgehead atoms. The van der Waals surface area contributed by atoms with Gasteiger partial charge in [0.1, 0.15) is 6.33 Å². The van der Waals surface area contributed by atoms with Crippen LogP contribution in [0.15, 0.2) is 24.8 Å². The van der Waals surface area contributed by atoms with Crippen LogP contribution in [-0.4, -0.2) is 47.2 Å². The van der Waals surface area contributed by atoms with E-state index in [0.29, 0.717) is 0 Å². The molecular weight excluding hydrogens is 251 g/mol. The summed E-state index contributed by atoms with van der Waals surface area (Å²) in [5.41, 5.74) is 0. The van der Waals surface area contributed by atoms with Gasteiger partial charge in [-0.15, -0.1) is 0 Å². The number of imidazole rings is 1. The summed E-state index contributed by atoms with van der Waals surface area (Å²) in [6, 6.07) is 0. The number of carbonyl (C=O) groups excluding carboxylic acids is 1. The van der Waals surface area contributed by atoms with E-state index in [2.05, 4.69) is 9.72 Å². The van der Waals surface area contributed by atoms with Crippen LogP contribution in [0.1, 0.15) is 4.79 Å². The number of alkyl halides is 3. The summed E-state index contributed by atoms with van der Waals surface area (Å²) in [7, 11) is 3.46. The van der Waals surface area contributed by atoms with Crippen LogP contribution in [0.25, 0.3) is 0 Å². The monoisotopic (exact) mass is 263 g/mol. The quantitative estimate of drug-likeness (QED) is 0.773. The van der Waals surface area contributed by atoms with Crippen molar-refractivity contribution in [2.45, 2.75) is 6.18 Å². The molecule has 0 fully saturated rings. The molecule has 0 amide bonds. The summed E-state index contributed by atoms with van der Waals surface area (Å²) in [5.74, 6) is -0.683. The normalized spacial score (nSPS) is 11.8. The Morgan fingerprint density at radius 3 is 2.78 bits per heavy atom. The fraction of sp³-hybridized carbons (Fsp3) is 0.400. The van der Waals surface area contributed by atoms with E-state index >= 15 is 0 Å². The van der Waals surface area contributed by atoms with Crippen LogP contribution in [0.5, 0.6) is 5.88 Å². The first-order valence-electron chi connectivity index (χ1n) is 4.90.